The molecule has 31 heavy (non-hydrogen) atoms. The van der Waals surface area contributed by atoms with Gasteiger partial charge in [-0.2, -0.15) is 10.4 Å². The highest BCUT2D eigenvalue weighted by atomic mass is 16.3. The Bertz CT molecular complexity index is 1090. The average molecular weight is 413 g/mol. The summed E-state index contributed by atoms with van der Waals surface area (Å²) in [7, 11) is 0. The predicted octanol–water partition coefficient (Wildman–Crippen LogP) is 3.31. The van der Waals surface area contributed by atoms with Gasteiger partial charge in [0.2, 0.25) is 5.95 Å². The van der Waals surface area contributed by atoms with Crippen LogP contribution >= 0.6 is 0 Å². The number of aromatic nitrogens is 3. The van der Waals surface area contributed by atoms with Crippen LogP contribution in [0.3, 0.4) is 0 Å². The zero-order valence-corrected chi connectivity index (χ0v) is 16.8. The van der Waals surface area contributed by atoms with E-state index in [9.17, 15) is 15.5 Å². The Hall–Kier alpha value is -3.73. The minimum Gasteiger partial charge on any atom is -0.388 e. The summed E-state index contributed by atoms with van der Waals surface area (Å²) in [5, 5.41) is 42.5. The molecule has 4 atom stereocenters. The fraction of sp³-hybridized carbons (Fsp3) is 0.208. The number of aliphatic hydroxyl groups excluding tert-OH is 2. The van der Waals surface area contributed by atoms with Crippen molar-refractivity contribution in [3.63, 3.8) is 0 Å². The van der Waals surface area contributed by atoms with Crippen molar-refractivity contribution in [3.05, 3.63) is 102 Å². The number of aromatic amines is 1. The van der Waals surface area contributed by atoms with E-state index in [1.807, 2.05) is 60.7 Å². The van der Waals surface area contributed by atoms with E-state index in [0.29, 0.717) is 23.6 Å². The highest BCUT2D eigenvalue weighted by Crippen LogP contribution is 2.49. The Kier molecular flexibility index (Phi) is 5.94. The van der Waals surface area contributed by atoms with Gasteiger partial charge >= 0.3 is 0 Å². The topological polar surface area (TPSA) is 118 Å². The molecular weight excluding hydrogens is 390 g/mol. The molecule has 1 aliphatic rings. The van der Waals surface area contributed by atoms with Crippen LogP contribution in [0.2, 0.25) is 0 Å². The second-order valence-corrected chi connectivity index (χ2v) is 7.50. The van der Waals surface area contributed by atoms with Gasteiger partial charge in [0.15, 0.2) is 0 Å². The Labute approximate surface area is 180 Å². The summed E-state index contributed by atoms with van der Waals surface area (Å²) in [4.78, 5) is 4.04. The number of anilines is 1. The number of hydrogen-bond acceptors (Lipinski definition) is 6. The number of nitriles is 1. The molecule has 0 radical (unpaired) electrons. The number of nitrogens with zero attached hydrogens (tertiary/aromatic N) is 3. The lowest BCUT2D eigenvalue weighted by atomic mass is 9.64. The van der Waals surface area contributed by atoms with Gasteiger partial charge in [0.1, 0.15) is 17.8 Å². The average Bonchev–Trinajstić information content (AvgIpc) is 3.36. The first-order valence-electron chi connectivity index (χ1n) is 10.0. The summed E-state index contributed by atoms with van der Waals surface area (Å²) in [6.07, 6.45) is 4.69. The molecule has 0 saturated heterocycles. The van der Waals surface area contributed by atoms with E-state index in [4.69, 9.17) is 0 Å². The van der Waals surface area contributed by atoms with Crippen molar-refractivity contribution in [2.24, 2.45) is 11.3 Å². The second kappa shape index (κ2) is 8.96. The van der Waals surface area contributed by atoms with Crippen LogP contribution in [0.5, 0.6) is 0 Å². The summed E-state index contributed by atoms with van der Waals surface area (Å²) in [5.41, 5.74) is 0.825. The minimum atomic E-state index is -1.34. The summed E-state index contributed by atoms with van der Waals surface area (Å²) in [5.74, 6) is -0.150. The number of hydrogen-bond donors (Lipinski definition) is 4. The fourth-order valence-corrected chi connectivity index (χ4v) is 3.94. The smallest absolute Gasteiger partial charge is 0.218 e. The molecule has 1 aromatic heterocycles. The van der Waals surface area contributed by atoms with E-state index in [-0.39, 0.29) is 0 Å². The van der Waals surface area contributed by atoms with Crippen LogP contribution in [0, 0.1) is 22.7 Å². The molecule has 0 bridgehead atoms. The Morgan fingerprint density at radius 1 is 1.06 bits per heavy atom. The molecule has 0 amide bonds. The number of H-pyrrole nitrogens is 1. The van der Waals surface area contributed by atoms with Crippen LogP contribution in [-0.2, 0) is 0 Å². The van der Waals surface area contributed by atoms with Gasteiger partial charge in [-0.3, -0.25) is 0 Å². The standard InChI is InChI=1S/C24H23N5O2/c25-15-24(22(31)19-9-5-2-6-10-19)12-11-17(14-26-23-27-16-28-29-23)13-20(24)21(30)18-7-3-1-4-8-18/h1-13,16,20-22,30-31H,14H2,(H2,26,27,28,29). The van der Waals surface area contributed by atoms with Gasteiger partial charge in [-0.25, -0.2) is 10.1 Å². The molecule has 0 spiro atoms. The largest absolute Gasteiger partial charge is 0.388 e. The maximum Gasteiger partial charge on any atom is 0.218 e. The van der Waals surface area contributed by atoms with Crippen molar-refractivity contribution in [2.45, 2.75) is 12.2 Å². The molecule has 0 aliphatic heterocycles. The second-order valence-electron chi connectivity index (χ2n) is 7.50. The third-order valence-electron chi connectivity index (χ3n) is 5.64. The minimum absolute atomic E-state index is 0.423. The van der Waals surface area contributed by atoms with E-state index < -0.39 is 23.5 Å². The number of benzene rings is 2. The number of rotatable bonds is 7. The highest BCUT2D eigenvalue weighted by Gasteiger charge is 2.48. The molecule has 4 N–H and O–H groups in total. The Morgan fingerprint density at radius 3 is 2.35 bits per heavy atom. The zero-order valence-electron chi connectivity index (χ0n) is 16.8. The lowest BCUT2D eigenvalue weighted by Gasteiger charge is -2.40. The third kappa shape index (κ3) is 4.12. The number of nitrogens with one attached hydrogen (secondary N) is 2. The molecule has 7 nitrogen and oxygen atoms in total. The summed E-state index contributed by atoms with van der Waals surface area (Å²) < 4.78 is 0. The Balaban J connectivity index is 1.71. The summed E-state index contributed by atoms with van der Waals surface area (Å²) >= 11 is 0. The SMILES string of the molecule is N#CC1(C(O)c2ccccc2)C=CC(CNc2ncn[nH]2)=CC1C(O)c1ccccc1. The van der Waals surface area contributed by atoms with Crippen LogP contribution in [0.1, 0.15) is 23.3 Å². The van der Waals surface area contributed by atoms with Gasteiger partial charge in [-0.15, -0.1) is 0 Å². The van der Waals surface area contributed by atoms with Crippen molar-refractivity contribution < 1.29 is 10.2 Å². The van der Waals surface area contributed by atoms with Crippen molar-refractivity contribution in [3.8, 4) is 6.07 Å². The van der Waals surface area contributed by atoms with E-state index in [2.05, 4.69) is 26.6 Å². The van der Waals surface area contributed by atoms with Gasteiger partial charge in [0.05, 0.1) is 12.2 Å². The van der Waals surface area contributed by atoms with Crippen LogP contribution < -0.4 is 5.32 Å². The van der Waals surface area contributed by atoms with Gasteiger partial charge in [0, 0.05) is 12.5 Å². The lowest BCUT2D eigenvalue weighted by molar-refractivity contribution is 0.00847. The molecule has 4 rings (SSSR count). The molecule has 156 valence electrons. The van der Waals surface area contributed by atoms with Gasteiger partial charge in [-0.05, 0) is 16.7 Å². The van der Waals surface area contributed by atoms with Crippen molar-refractivity contribution in [1.29, 1.82) is 5.26 Å². The van der Waals surface area contributed by atoms with Crippen LogP contribution in [0.4, 0.5) is 5.95 Å². The van der Waals surface area contributed by atoms with Crippen molar-refractivity contribution in [2.75, 3.05) is 11.9 Å². The monoisotopic (exact) mass is 413 g/mol. The Morgan fingerprint density at radius 2 is 1.74 bits per heavy atom. The molecule has 3 aromatic rings. The summed E-state index contributed by atoms with van der Waals surface area (Å²) in [6.45, 7) is 0.423. The fourth-order valence-electron chi connectivity index (χ4n) is 3.94. The molecule has 4 unspecified atom stereocenters. The first-order valence-corrected chi connectivity index (χ1v) is 10.0. The maximum absolute atomic E-state index is 11.3. The first-order chi connectivity index (χ1) is 15.1. The van der Waals surface area contributed by atoms with E-state index in [1.165, 1.54) is 6.33 Å². The lowest BCUT2D eigenvalue weighted by Crippen LogP contribution is -2.38. The van der Waals surface area contributed by atoms with Crippen LogP contribution in [0.15, 0.2) is 90.8 Å². The molecule has 0 saturated carbocycles. The van der Waals surface area contributed by atoms with Crippen LogP contribution in [0.25, 0.3) is 0 Å². The van der Waals surface area contributed by atoms with Gasteiger partial charge in [-0.1, -0.05) is 78.9 Å². The normalized spacial score (nSPS) is 22.2. The zero-order chi connectivity index (χ0) is 21.7. The molecule has 1 heterocycles. The van der Waals surface area contributed by atoms with Crippen molar-refractivity contribution in [1.82, 2.24) is 15.2 Å². The number of aliphatic hydroxyl groups is 2. The molecule has 2 aromatic carbocycles. The van der Waals surface area contributed by atoms with E-state index in [0.717, 1.165) is 5.57 Å². The maximum atomic E-state index is 11.3. The molecule has 0 fully saturated rings. The first kappa shape index (κ1) is 20.5. The van der Waals surface area contributed by atoms with Gasteiger partial charge in [0.25, 0.3) is 0 Å². The van der Waals surface area contributed by atoms with Crippen LogP contribution in [-0.4, -0.2) is 31.9 Å². The van der Waals surface area contributed by atoms with E-state index >= 15 is 0 Å². The van der Waals surface area contributed by atoms with Gasteiger partial charge < -0.3 is 15.5 Å². The molecular formula is C24H23N5O2. The third-order valence-corrected chi connectivity index (χ3v) is 5.64. The molecule has 7 heteroatoms. The highest BCUT2D eigenvalue weighted by molar-refractivity contribution is 5.42. The molecule has 1 aliphatic carbocycles. The quantitative estimate of drug-likeness (QED) is 0.472. The van der Waals surface area contributed by atoms with E-state index in [1.54, 1.807) is 18.2 Å². The predicted molar refractivity (Wildman–Crippen MR) is 116 cm³/mol. The van der Waals surface area contributed by atoms with Crippen molar-refractivity contribution >= 4 is 5.95 Å². The summed E-state index contributed by atoms with van der Waals surface area (Å²) in [6, 6.07) is 20.6.